The average molecular weight is 527 g/mol. The predicted octanol–water partition coefficient (Wildman–Crippen LogP) is 4.19. The molecule has 1 fully saturated rings. The fourth-order valence-electron chi connectivity index (χ4n) is 4.65. The van der Waals surface area contributed by atoms with Crippen molar-refractivity contribution in [1.29, 1.82) is 0 Å². The molecule has 2 heterocycles. The molecule has 0 spiro atoms. The normalized spacial score (nSPS) is 18.0. The Morgan fingerprint density at radius 1 is 1.27 bits per heavy atom. The number of carbonyl (C=O) groups excluding carboxylic acids is 2. The van der Waals surface area contributed by atoms with Crippen LogP contribution in [0.25, 0.3) is 11.0 Å². The Bertz CT molecular complexity index is 1280. The van der Waals surface area contributed by atoms with Crippen LogP contribution in [-0.4, -0.2) is 48.9 Å². The first-order valence-electron chi connectivity index (χ1n) is 11.8. The van der Waals surface area contributed by atoms with E-state index in [1.54, 1.807) is 25.1 Å². The number of fused-ring (bicyclic) bond motifs is 1. The van der Waals surface area contributed by atoms with Crippen LogP contribution in [0.1, 0.15) is 79.4 Å². The van der Waals surface area contributed by atoms with E-state index in [1.165, 1.54) is 10.9 Å². The third-order valence-electron chi connectivity index (χ3n) is 6.62. The Hall–Kier alpha value is -3.58. The van der Waals surface area contributed by atoms with Gasteiger partial charge in [-0.05, 0) is 43.4 Å². The lowest BCUT2D eigenvalue weighted by molar-refractivity contribution is -0.144. The molecular formula is C23H26F5N7O2. The smallest absolute Gasteiger partial charge is 0.364 e. The van der Waals surface area contributed by atoms with Crippen molar-refractivity contribution in [2.24, 2.45) is 11.7 Å². The highest BCUT2D eigenvalue weighted by atomic mass is 19.4. The van der Waals surface area contributed by atoms with Crippen molar-refractivity contribution in [3.05, 3.63) is 41.5 Å². The second kappa shape index (κ2) is 10.1. The number of hydrogen-bond donors (Lipinski definition) is 3. The summed E-state index contributed by atoms with van der Waals surface area (Å²) in [7, 11) is 0. The van der Waals surface area contributed by atoms with Crippen molar-refractivity contribution in [1.82, 2.24) is 30.3 Å². The summed E-state index contributed by atoms with van der Waals surface area (Å²) < 4.78 is 66.2. The third-order valence-corrected chi connectivity index (χ3v) is 6.62. The van der Waals surface area contributed by atoms with E-state index in [1.807, 2.05) is 0 Å². The van der Waals surface area contributed by atoms with Gasteiger partial charge in [0.2, 0.25) is 11.8 Å². The standard InChI is InChI=1S/C23H26F5N7O2/c1-12(31-18(36)6-9-23(26,27)28)14-2-3-15-16(10-14)33-21(32-15)19(13-4-7-22(24,25)8-5-13)35-17(20(29)37)11-30-34-35/h2-3,10-13,19H,4-9H2,1H3,(H2,29,37)(H,31,36)(H,32,33)/t12-,19+/m1/s1. The molecule has 0 radical (unpaired) electrons. The highest BCUT2D eigenvalue weighted by Crippen LogP contribution is 2.42. The van der Waals surface area contributed by atoms with Gasteiger partial charge in [0.15, 0.2) is 0 Å². The zero-order chi connectivity index (χ0) is 27.0. The number of nitrogens with one attached hydrogen (secondary N) is 2. The maximum Gasteiger partial charge on any atom is 0.389 e. The maximum absolute atomic E-state index is 13.9. The van der Waals surface area contributed by atoms with Gasteiger partial charge in [-0.25, -0.2) is 18.4 Å². The van der Waals surface area contributed by atoms with Crippen LogP contribution < -0.4 is 11.1 Å². The van der Waals surface area contributed by atoms with Crippen LogP contribution in [0.5, 0.6) is 0 Å². The van der Waals surface area contributed by atoms with Crippen LogP contribution in [0.4, 0.5) is 22.0 Å². The molecule has 1 aliphatic carbocycles. The summed E-state index contributed by atoms with van der Waals surface area (Å²) in [6.07, 6.45) is -5.40. The molecule has 4 N–H and O–H groups in total. The molecule has 4 rings (SSSR count). The lowest BCUT2D eigenvalue weighted by Gasteiger charge is -2.33. The van der Waals surface area contributed by atoms with E-state index in [9.17, 15) is 31.5 Å². The molecule has 2 aromatic heterocycles. The first-order chi connectivity index (χ1) is 17.3. The molecule has 2 amide bonds. The second-order valence-electron chi connectivity index (χ2n) is 9.37. The van der Waals surface area contributed by atoms with Gasteiger partial charge < -0.3 is 16.0 Å². The van der Waals surface area contributed by atoms with Gasteiger partial charge in [-0.1, -0.05) is 11.3 Å². The molecule has 0 unspecified atom stereocenters. The monoisotopic (exact) mass is 527 g/mol. The van der Waals surface area contributed by atoms with Crippen molar-refractivity contribution in [2.75, 3.05) is 0 Å². The number of aromatic amines is 1. The molecule has 0 saturated heterocycles. The van der Waals surface area contributed by atoms with E-state index in [0.29, 0.717) is 22.4 Å². The van der Waals surface area contributed by atoms with Gasteiger partial charge in [-0.15, -0.1) is 5.10 Å². The Morgan fingerprint density at radius 2 is 1.97 bits per heavy atom. The van der Waals surface area contributed by atoms with Crippen molar-refractivity contribution >= 4 is 22.8 Å². The number of benzene rings is 1. The molecular weight excluding hydrogens is 501 g/mol. The van der Waals surface area contributed by atoms with Gasteiger partial charge in [0, 0.05) is 19.3 Å². The lowest BCUT2D eigenvalue weighted by Crippen LogP contribution is -2.33. The molecule has 1 saturated carbocycles. The Labute approximate surface area is 208 Å². The van der Waals surface area contributed by atoms with Gasteiger partial charge in [0.25, 0.3) is 5.91 Å². The summed E-state index contributed by atoms with van der Waals surface area (Å²) >= 11 is 0. The van der Waals surface area contributed by atoms with Crippen LogP contribution >= 0.6 is 0 Å². The molecule has 3 aromatic rings. The van der Waals surface area contributed by atoms with Crippen LogP contribution in [-0.2, 0) is 4.79 Å². The van der Waals surface area contributed by atoms with E-state index in [-0.39, 0.29) is 37.3 Å². The quantitative estimate of drug-likeness (QED) is 0.378. The fourth-order valence-corrected chi connectivity index (χ4v) is 4.65. The molecule has 0 aliphatic heterocycles. The highest BCUT2D eigenvalue weighted by molar-refractivity contribution is 5.90. The third kappa shape index (κ3) is 6.23. The summed E-state index contributed by atoms with van der Waals surface area (Å²) in [4.78, 5) is 31.7. The number of nitrogens with two attached hydrogens (primary N) is 1. The van der Waals surface area contributed by atoms with E-state index in [4.69, 9.17) is 5.73 Å². The summed E-state index contributed by atoms with van der Waals surface area (Å²) in [5.41, 5.74) is 7.19. The molecule has 1 aromatic carbocycles. The molecule has 0 bridgehead atoms. The number of alkyl halides is 5. The summed E-state index contributed by atoms with van der Waals surface area (Å²) in [6, 6.07) is 3.76. The van der Waals surface area contributed by atoms with E-state index in [2.05, 4.69) is 25.6 Å². The summed E-state index contributed by atoms with van der Waals surface area (Å²) in [6.45, 7) is 1.64. The number of H-pyrrole nitrogens is 1. The number of halogens is 5. The SMILES string of the molecule is C[C@@H](NC(=O)CCC(F)(F)F)c1ccc2nc([C@H](C3CCC(F)(F)CC3)n3nncc3C(N)=O)[nH]c2c1. The first-order valence-corrected chi connectivity index (χ1v) is 11.8. The minimum Gasteiger partial charge on any atom is -0.364 e. The van der Waals surface area contributed by atoms with Gasteiger partial charge in [-0.2, -0.15) is 13.2 Å². The number of imidazole rings is 1. The van der Waals surface area contributed by atoms with Crippen molar-refractivity contribution in [3.63, 3.8) is 0 Å². The highest BCUT2D eigenvalue weighted by Gasteiger charge is 2.41. The molecule has 14 heteroatoms. The number of aromatic nitrogens is 5. The number of amides is 2. The van der Waals surface area contributed by atoms with Crippen molar-refractivity contribution in [3.8, 4) is 0 Å². The molecule has 200 valence electrons. The molecule has 37 heavy (non-hydrogen) atoms. The van der Waals surface area contributed by atoms with Crippen LogP contribution in [0, 0.1) is 5.92 Å². The van der Waals surface area contributed by atoms with Crippen molar-refractivity contribution in [2.45, 2.75) is 69.6 Å². The van der Waals surface area contributed by atoms with Gasteiger partial charge >= 0.3 is 6.18 Å². The molecule has 1 aliphatic rings. The molecule has 2 atom stereocenters. The van der Waals surface area contributed by atoms with Crippen molar-refractivity contribution < 1.29 is 31.5 Å². The summed E-state index contributed by atoms with van der Waals surface area (Å²) in [5.74, 6) is -4.22. The second-order valence-corrected chi connectivity index (χ2v) is 9.37. The Balaban J connectivity index is 1.61. The largest absolute Gasteiger partial charge is 0.389 e. The van der Waals surface area contributed by atoms with Gasteiger partial charge in [-0.3, -0.25) is 9.59 Å². The number of primary amides is 1. The van der Waals surface area contributed by atoms with Crippen LogP contribution in [0.15, 0.2) is 24.4 Å². The maximum atomic E-state index is 13.9. The van der Waals surface area contributed by atoms with Gasteiger partial charge in [0.1, 0.15) is 17.6 Å². The number of hydrogen-bond acceptors (Lipinski definition) is 5. The summed E-state index contributed by atoms with van der Waals surface area (Å²) in [5, 5.41) is 10.3. The van der Waals surface area contributed by atoms with E-state index in [0.717, 1.165) is 0 Å². The predicted molar refractivity (Wildman–Crippen MR) is 122 cm³/mol. The number of rotatable bonds is 8. The van der Waals surface area contributed by atoms with Gasteiger partial charge in [0.05, 0.1) is 29.7 Å². The van der Waals surface area contributed by atoms with Crippen LogP contribution in [0.2, 0.25) is 0 Å². The zero-order valence-corrected chi connectivity index (χ0v) is 19.9. The fraction of sp³-hybridized carbons (Fsp3) is 0.522. The minimum atomic E-state index is -4.42. The Kier molecular flexibility index (Phi) is 7.20. The number of carbonyl (C=O) groups is 2. The minimum absolute atomic E-state index is 0.0127. The average Bonchev–Trinajstić information content (AvgIpc) is 3.45. The zero-order valence-electron chi connectivity index (χ0n) is 19.9. The van der Waals surface area contributed by atoms with Crippen LogP contribution in [0.3, 0.4) is 0 Å². The Morgan fingerprint density at radius 3 is 2.62 bits per heavy atom. The first kappa shape index (κ1) is 26.5. The topological polar surface area (TPSA) is 132 Å². The van der Waals surface area contributed by atoms with E-state index >= 15 is 0 Å². The number of nitrogens with zero attached hydrogens (tertiary/aromatic N) is 4. The molecule has 9 nitrogen and oxygen atoms in total. The van der Waals surface area contributed by atoms with E-state index < -0.39 is 48.8 Å². The lowest BCUT2D eigenvalue weighted by atomic mass is 9.81.